The molecular weight excluding hydrogens is 224 g/mol. The van der Waals surface area contributed by atoms with Crippen molar-refractivity contribution in [3.8, 4) is 6.07 Å². The first kappa shape index (κ1) is 14.2. The van der Waals surface area contributed by atoms with E-state index in [1.165, 1.54) is 0 Å². The molecule has 1 aromatic carbocycles. The van der Waals surface area contributed by atoms with Gasteiger partial charge in [-0.3, -0.25) is 4.79 Å². The Hall–Kier alpha value is -1.82. The van der Waals surface area contributed by atoms with Crippen molar-refractivity contribution >= 4 is 11.6 Å². The van der Waals surface area contributed by atoms with Crippen molar-refractivity contribution < 1.29 is 4.79 Å². The fourth-order valence-electron chi connectivity index (χ4n) is 1.96. The summed E-state index contributed by atoms with van der Waals surface area (Å²) in [5, 5.41) is 8.70. The lowest BCUT2D eigenvalue weighted by Gasteiger charge is -2.25. The molecule has 1 unspecified atom stereocenters. The van der Waals surface area contributed by atoms with Gasteiger partial charge in [-0.2, -0.15) is 5.26 Å². The Kier molecular flexibility index (Phi) is 5.93. The lowest BCUT2D eigenvalue weighted by Crippen LogP contribution is -2.36. The number of para-hydroxylation sites is 1. The van der Waals surface area contributed by atoms with Crippen molar-refractivity contribution in [1.82, 2.24) is 0 Å². The average Bonchev–Trinajstić information content (AvgIpc) is 2.40. The summed E-state index contributed by atoms with van der Waals surface area (Å²) < 4.78 is 0. The molecule has 0 aliphatic carbocycles. The molecule has 18 heavy (non-hydrogen) atoms. The zero-order chi connectivity index (χ0) is 13.4. The van der Waals surface area contributed by atoms with Crippen LogP contribution in [-0.2, 0) is 4.79 Å². The molecule has 1 rings (SSSR count). The van der Waals surface area contributed by atoms with Gasteiger partial charge in [0.15, 0.2) is 0 Å². The first-order chi connectivity index (χ1) is 8.70. The number of hydrogen-bond acceptors (Lipinski definition) is 2. The minimum absolute atomic E-state index is 0.00824. The van der Waals surface area contributed by atoms with Crippen LogP contribution in [0.15, 0.2) is 30.3 Å². The Morgan fingerprint density at radius 3 is 2.61 bits per heavy atom. The van der Waals surface area contributed by atoms with E-state index >= 15 is 0 Å². The molecular formula is C15H20N2O. The SMILES string of the molecule is CCCC(C)C(=O)N(CCC#N)c1ccccc1. The highest BCUT2D eigenvalue weighted by molar-refractivity contribution is 5.94. The Balaban J connectivity index is 2.85. The molecule has 3 nitrogen and oxygen atoms in total. The number of amides is 1. The second-order valence-corrected chi connectivity index (χ2v) is 4.42. The Labute approximate surface area is 109 Å². The third-order valence-corrected chi connectivity index (χ3v) is 2.92. The van der Waals surface area contributed by atoms with E-state index in [-0.39, 0.29) is 11.8 Å². The maximum Gasteiger partial charge on any atom is 0.229 e. The molecule has 0 heterocycles. The Morgan fingerprint density at radius 2 is 2.06 bits per heavy atom. The number of carbonyl (C=O) groups excluding carboxylic acids is 1. The van der Waals surface area contributed by atoms with Crippen molar-refractivity contribution in [3.05, 3.63) is 30.3 Å². The number of rotatable bonds is 6. The molecule has 0 aliphatic heterocycles. The molecule has 0 radical (unpaired) electrons. The average molecular weight is 244 g/mol. The molecule has 1 atom stereocenters. The summed E-state index contributed by atoms with van der Waals surface area (Å²) in [6.07, 6.45) is 2.24. The van der Waals surface area contributed by atoms with E-state index in [4.69, 9.17) is 5.26 Å². The van der Waals surface area contributed by atoms with E-state index < -0.39 is 0 Å². The molecule has 1 aromatic rings. The Morgan fingerprint density at radius 1 is 1.39 bits per heavy atom. The molecule has 0 fully saturated rings. The van der Waals surface area contributed by atoms with Gasteiger partial charge in [-0.25, -0.2) is 0 Å². The van der Waals surface area contributed by atoms with Crippen LogP contribution in [0.25, 0.3) is 0 Å². The highest BCUT2D eigenvalue weighted by Crippen LogP contribution is 2.18. The number of carbonyl (C=O) groups is 1. The molecule has 0 saturated carbocycles. The van der Waals surface area contributed by atoms with Gasteiger partial charge in [0.25, 0.3) is 0 Å². The summed E-state index contributed by atoms with van der Waals surface area (Å²) in [6.45, 7) is 4.49. The summed E-state index contributed by atoms with van der Waals surface area (Å²) in [7, 11) is 0. The minimum atomic E-state index is 0.00824. The second kappa shape index (κ2) is 7.50. The summed E-state index contributed by atoms with van der Waals surface area (Å²) in [4.78, 5) is 14.1. The van der Waals surface area contributed by atoms with E-state index in [9.17, 15) is 4.79 Å². The van der Waals surface area contributed by atoms with Crippen LogP contribution in [0, 0.1) is 17.2 Å². The van der Waals surface area contributed by atoms with Gasteiger partial charge in [0.05, 0.1) is 12.5 Å². The van der Waals surface area contributed by atoms with Crippen LogP contribution >= 0.6 is 0 Å². The summed E-state index contributed by atoms with van der Waals surface area (Å²) in [6, 6.07) is 11.7. The van der Waals surface area contributed by atoms with Crippen molar-refractivity contribution in [2.24, 2.45) is 5.92 Å². The molecule has 0 N–H and O–H groups in total. The molecule has 0 saturated heterocycles. The topological polar surface area (TPSA) is 44.1 Å². The molecule has 0 aliphatic rings. The van der Waals surface area contributed by atoms with E-state index in [0.29, 0.717) is 13.0 Å². The highest BCUT2D eigenvalue weighted by Gasteiger charge is 2.20. The van der Waals surface area contributed by atoms with Crippen LogP contribution < -0.4 is 4.90 Å². The van der Waals surface area contributed by atoms with Gasteiger partial charge in [0.1, 0.15) is 0 Å². The lowest BCUT2D eigenvalue weighted by atomic mass is 10.0. The van der Waals surface area contributed by atoms with Crippen LogP contribution in [0.5, 0.6) is 0 Å². The molecule has 0 aromatic heterocycles. The van der Waals surface area contributed by atoms with E-state index in [2.05, 4.69) is 13.0 Å². The zero-order valence-corrected chi connectivity index (χ0v) is 11.1. The van der Waals surface area contributed by atoms with Crippen LogP contribution in [0.3, 0.4) is 0 Å². The van der Waals surface area contributed by atoms with Gasteiger partial charge in [-0.05, 0) is 18.6 Å². The molecule has 3 heteroatoms. The summed E-state index contributed by atoms with van der Waals surface area (Å²) in [5.74, 6) is 0.118. The number of anilines is 1. The first-order valence-electron chi connectivity index (χ1n) is 6.44. The largest absolute Gasteiger partial charge is 0.311 e. The minimum Gasteiger partial charge on any atom is -0.311 e. The number of nitriles is 1. The maximum atomic E-state index is 12.4. The van der Waals surface area contributed by atoms with Crippen LogP contribution in [-0.4, -0.2) is 12.5 Å². The monoisotopic (exact) mass is 244 g/mol. The van der Waals surface area contributed by atoms with Gasteiger partial charge in [-0.1, -0.05) is 38.5 Å². The summed E-state index contributed by atoms with van der Waals surface area (Å²) >= 11 is 0. The van der Waals surface area contributed by atoms with E-state index in [0.717, 1.165) is 18.5 Å². The normalized spacial score (nSPS) is 11.6. The molecule has 96 valence electrons. The third kappa shape index (κ3) is 3.89. The van der Waals surface area contributed by atoms with Crippen molar-refractivity contribution in [2.45, 2.75) is 33.1 Å². The fourth-order valence-corrected chi connectivity index (χ4v) is 1.96. The van der Waals surface area contributed by atoms with Gasteiger partial charge < -0.3 is 4.90 Å². The summed E-state index contributed by atoms with van der Waals surface area (Å²) in [5.41, 5.74) is 0.876. The predicted molar refractivity (Wildman–Crippen MR) is 73.1 cm³/mol. The van der Waals surface area contributed by atoms with Gasteiger partial charge >= 0.3 is 0 Å². The van der Waals surface area contributed by atoms with Crippen molar-refractivity contribution in [1.29, 1.82) is 5.26 Å². The van der Waals surface area contributed by atoms with E-state index in [1.807, 2.05) is 37.3 Å². The predicted octanol–water partition coefficient (Wildman–Crippen LogP) is 3.37. The van der Waals surface area contributed by atoms with E-state index in [1.54, 1.807) is 4.90 Å². The van der Waals surface area contributed by atoms with Crippen molar-refractivity contribution in [3.63, 3.8) is 0 Å². The molecule has 0 spiro atoms. The molecule has 1 amide bonds. The smallest absolute Gasteiger partial charge is 0.229 e. The highest BCUT2D eigenvalue weighted by atomic mass is 16.2. The molecule has 0 bridgehead atoms. The van der Waals surface area contributed by atoms with Crippen LogP contribution in [0.4, 0.5) is 5.69 Å². The Bertz CT molecular complexity index is 408. The number of benzene rings is 1. The second-order valence-electron chi connectivity index (χ2n) is 4.42. The van der Waals surface area contributed by atoms with Crippen molar-refractivity contribution in [2.75, 3.05) is 11.4 Å². The van der Waals surface area contributed by atoms with Crippen LogP contribution in [0.2, 0.25) is 0 Å². The van der Waals surface area contributed by atoms with Gasteiger partial charge in [0.2, 0.25) is 5.91 Å². The zero-order valence-electron chi connectivity index (χ0n) is 11.1. The van der Waals surface area contributed by atoms with Gasteiger partial charge in [0, 0.05) is 18.2 Å². The fraction of sp³-hybridized carbons (Fsp3) is 0.467. The number of hydrogen-bond donors (Lipinski definition) is 0. The first-order valence-corrected chi connectivity index (χ1v) is 6.44. The number of nitrogens with zero attached hydrogens (tertiary/aromatic N) is 2. The lowest BCUT2D eigenvalue weighted by molar-refractivity contribution is -0.122. The quantitative estimate of drug-likeness (QED) is 0.770. The maximum absolute atomic E-state index is 12.4. The third-order valence-electron chi connectivity index (χ3n) is 2.92. The van der Waals surface area contributed by atoms with Crippen LogP contribution in [0.1, 0.15) is 33.1 Å². The van der Waals surface area contributed by atoms with Gasteiger partial charge in [-0.15, -0.1) is 0 Å². The standard InChI is InChI=1S/C15H20N2O/c1-3-8-13(2)15(18)17(12-7-11-16)14-9-5-4-6-10-14/h4-6,9-10,13H,3,7-8,12H2,1-2H3.